The summed E-state index contributed by atoms with van der Waals surface area (Å²) in [5.74, 6) is -0.152. The summed E-state index contributed by atoms with van der Waals surface area (Å²) in [6.07, 6.45) is 4.42. The summed E-state index contributed by atoms with van der Waals surface area (Å²) in [6, 6.07) is 15.5. The van der Waals surface area contributed by atoms with Crippen molar-refractivity contribution in [3.63, 3.8) is 0 Å². The lowest BCUT2D eigenvalue weighted by Gasteiger charge is -2.12. The first-order valence-electron chi connectivity index (χ1n) is 8.22. The summed E-state index contributed by atoms with van der Waals surface area (Å²) in [7, 11) is -3.37. The molecule has 0 heterocycles. The molecule has 0 radical (unpaired) electrons. The van der Waals surface area contributed by atoms with E-state index in [-0.39, 0.29) is 17.7 Å². The van der Waals surface area contributed by atoms with Crippen molar-refractivity contribution in [2.24, 2.45) is 0 Å². The Bertz CT molecular complexity index is 792. The SMILES string of the molecule is O=C(NC1CCCC1)c1ccc(CS(=O)(=O)c2ccccc2)cc1. The van der Waals surface area contributed by atoms with Gasteiger partial charge in [-0.25, -0.2) is 8.42 Å². The summed E-state index contributed by atoms with van der Waals surface area (Å²) < 4.78 is 24.7. The number of benzene rings is 2. The van der Waals surface area contributed by atoms with E-state index in [9.17, 15) is 13.2 Å². The highest BCUT2D eigenvalue weighted by Gasteiger charge is 2.18. The van der Waals surface area contributed by atoms with Crippen LogP contribution in [-0.4, -0.2) is 20.4 Å². The quantitative estimate of drug-likeness (QED) is 0.906. The zero-order valence-corrected chi connectivity index (χ0v) is 14.3. The predicted octanol–water partition coefficient (Wildman–Crippen LogP) is 3.33. The highest BCUT2D eigenvalue weighted by molar-refractivity contribution is 7.90. The van der Waals surface area contributed by atoms with Gasteiger partial charge in [-0.1, -0.05) is 43.2 Å². The molecule has 0 saturated heterocycles. The smallest absolute Gasteiger partial charge is 0.251 e. The van der Waals surface area contributed by atoms with Crippen molar-refractivity contribution in [1.29, 1.82) is 0 Å². The van der Waals surface area contributed by atoms with Gasteiger partial charge in [0.05, 0.1) is 10.6 Å². The van der Waals surface area contributed by atoms with Gasteiger partial charge in [0.1, 0.15) is 0 Å². The van der Waals surface area contributed by atoms with E-state index >= 15 is 0 Å². The molecule has 126 valence electrons. The third-order valence-electron chi connectivity index (χ3n) is 4.37. The molecule has 1 fully saturated rings. The number of hydrogen-bond acceptors (Lipinski definition) is 3. The van der Waals surface area contributed by atoms with Crippen LogP contribution in [0.3, 0.4) is 0 Å². The van der Waals surface area contributed by atoms with E-state index in [1.54, 1.807) is 54.6 Å². The Balaban J connectivity index is 1.67. The van der Waals surface area contributed by atoms with E-state index in [1.165, 1.54) is 12.8 Å². The average molecular weight is 343 g/mol. The molecule has 1 aliphatic carbocycles. The lowest BCUT2D eigenvalue weighted by molar-refractivity contribution is 0.0938. The van der Waals surface area contributed by atoms with E-state index in [4.69, 9.17) is 0 Å². The molecule has 0 bridgehead atoms. The minimum atomic E-state index is -3.37. The lowest BCUT2D eigenvalue weighted by atomic mass is 10.1. The van der Waals surface area contributed by atoms with Gasteiger partial charge in [0.2, 0.25) is 0 Å². The molecule has 1 N–H and O–H groups in total. The topological polar surface area (TPSA) is 63.2 Å². The second-order valence-electron chi connectivity index (χ2n) is 6.22. The summed E-state index contributed by atoms with van der Waals surface area (Å²) in [5, 5.41) is 3.03. The van der Waals surface area contributed by atoms with Crippen molar-refractivity contribution in [3.8, 4) is 0 Å². The van der Waals surface area contributed by atoms with Gasteiger partial charge >= 0.3 is 0 Å². The Kier molecular flexibility index (Phi) is 5.00. The van der Waals surface area contributed by atoms with Crippen LogP contribution in [0, 0.1) is 0 Å². The molecule has 2 aromatic carbocycles. The molecule has 1 saturated carbocycles. The summed E-state index contributed by atoms with van der Waals surface area (Å²) >= 11 is 0. The second-order valence-corrected chi connectivity index (χ2v) is 8.21. The molecule has 1 aliphatic rings. The molecule has 2 aromatic rings. The standard InChI is InChI=1S/C19H21NO3S/c21-19(20-17-6-4-5-7-17)16-12-10-15(11-13-16)14-24(22,23)18-8-2-1-3-9-18/h1-3,8-13,17H,4-7,14H2,(H,20,21). The van der Waals surface area contributed by atoms with Gasteiger partial charge in [0.15, 0.2) is 9.84 Å². The summed E-state index contributed by atoms with van der Waals surface area (Å²) in [6.45, 7) is 0. The highest BCUT2D eigenvalue weighted by atomic mass is 32.2. The Morgan fingerprint density at radius 2 is 1.58 bits per heavy atom. The first-order chi connectivity index (χ1) is 11.5. The summed E-state index contributed by atoms with van der Waals surface area (Å²) in [4.78, 5) is 12.5. The van der Waals surface area contributed by atoms with Crippen LogP contribution in [0.5, 0.6) is 0 Å². The van der Waals surface area contributed by atoms with Crippen LogP contribution in [0.4, 0.5) is 0 Å². The van der Waals surface area contributed by atoms with Crippen molar-refractivity contribution >= 4 is 15.7 Å². The second kappa shape index (κ2) is 7.18. The van der Waals surface area contributed by atoms with Gasteiger partial charge in [-0.3, -0.25) is 4.79 Å². The van der Waals surface area contributed by atoms with E-state index in [2.05, 4.69) is 5.32 Å². The monoisotopic (exact) mass is 343 g/mol. The van der Waals surface area contributed by atoms with Crippen LogP contribution in [0.15, 0.2) is 59.5 Å². The molecule has 0 aromatic heterocycles. The molecule has 1 amide bonds. The zero-order chi connectivity index (χ0) is 17.0. The molecule has 3 rings (SSSR count). The molecule has 0 aliphatic heterocycles. The Labute approximate surface area is 142 Å². The third-order valence-corrected chi connectivity index (χ3v) is 6.07. The summed E-state index contributed by atoms with van der Waals surface area (Å²) in [5.41, 5.74) is 1.25. The molecule has 4 nitrogen and oxygen atoms in total. The van der Waals surface area contributed by atoms with Gasteiger partial charge in [0, 0.05) is 11.6 Å². The Hall–Kier alpha value is -2.14. The van der Waals surface area contributed by atoms with Crippen molar-refractivity contribution in [2.45, 2.75) is 42.4 Å². The van der Waals surface area contributed by atoms with Crippen molar-refractivity contribution in [3.05, 3.63) is 65.7 Å². The van der Waals surface area contributed by atoms with Crippen molar-refractivity contribution < 1.29 is 13.2 Å². The molecular weight excluding hydrogens is 322 g/mol. The molecule has 24 heavy (non-hydrogen) atoms. The average Bonchev–Trinajstić information content (AvgIpc) is 3.09. The van der Waals surface area contributed by atoms with Crippen LogP contribution in [0.2, 0.25) is 0 Å². The van der Waals surface area contributed by atoms with Gasteiger partial charge in [0.25, 0.3) is 5.91 Å². The maximum Gasteiger partial charge on any atom is 0.251 e. The molecular formula is C19H21NO3S. The van der Waals surface area contributed by atoms with Crippen molar-refractivity contribution in [2.75, 3.05) is 0 Å². The van der Waals surface area contributed by atoms with Crippen LogP contribution in [-0.2, 0) is 15.6 Å². The van der Waals surface area contributed by atoms with E-state index in [0.29, 0.717) is 16.0 Å². The van der Waals surface area contributed by atoms with Gasteiger partial charge in [-0.15, -0.1) is 0 Å². The van der Waals surface area contributed by atoms with Gasteiger partial charge in [-0.2, -0.15) is 0 Å². The maximum absolute atomic E-state index is 12.4. The van der Waals surface area contributed by atoms with Crippen LogP contribution in [0.25, 0.3) is 0 Å². The normalized spacial score (nSPS) is 15.3. The molecule has 0 unspecified atom stereocenters. The number of hydrogen-bond donors (Lipinski definition) is 1. The van der Waals surface area contributed by atoms with Crippen LogP contribution in [0.1, 0.15) is 41.6 Å². The first kappa shape index (κ1) is 16.7. The number of nitrogens with one attached hydrogen (secondary N) is 1. The molecule has 0 atom stereocenters. The van der Waals surface area contributed by atoms with Crippen LogP contribution < -0.4 is 5.32 Å². The van der Waals surface area contributed by atoms with E-state index in [0.717, 1.165) is 12.8 Å². The van der Waals surface area contributed by atoms with Crippen LogP contribution >= 0.6 is 0 Å². The minimum absolute atomic E-state index is 0.0679. The fourth-order valence-corrected chi connectivity index (χ4v) is 4.39. The maximum atomic E-state index is 12.4. The minimum Gasteiger partial charge on any atom is -0.349 e. The largest absolute Gasteiger partial charge is 0.349 e. The van der Waals surface area contributed by atoms with E-state index in [1.807, 2.05) is 0 Å². The third kappa shape index (κ3) is 4.03. The number of rotatable bonds is 5. The Morgan fingerprint density at radius 3 is 2.21 bits per heavy atom. The number of amides is 1. The fourth-order valence-electron chi connectivity index (χ4n) is 3.02. The number of carbonyl (C=O) groups is 1. The van der Waals surface area contributed by atoms with Gasteiger partial charge in [-0.05, 0) is 42.7 Å². The fraction of sp³-hybridized carbons (Fsp3) is 0.316. The first-order valence-corrected chi connectivity index (χ1v) is 9.87. The molecule has 0 spiro atoms. The number of carbonyl (C=O) groups excluding carboxylic acids is 1. The lowest BCUT2D eigenvalue weighted by Crippen LogP contribution is -2.32. The molecule has 5 heteroatoms. The van der Waals surface area contributed by atoms with Crippen molar-refractivity contribution in [1.82, 2.24) is 5.32 Å². The van der Waals surface area contributed by atoms with E-state index < -0.39 is 9.84 Å². The predicted molar refractivity (Wildman–Crippen MR) is 93.5 cm³/mol. The highest BCUT2D eigenvalue weighted by Crippen LogP contribution is 2.19. The zero-order valence-electron chi connectivity index (χ0n) is 13.4. The van der Waals surface area contributed by atoms with Gasteiger partial charge < -0.3 is 5.32 Å². The number of sulfone groups is 1. The Morgan fingerprint density at radius 1 is 0.958 bits per heavy atom.